The Morgan fingerprint density at radius 2 is 2.00 bits per heavy atom. The summed E-state index contributed by atoms with van der Waals surface area (Å²) in [4.78, 5) is 3.23. The molecule has 94 valence electrons. The van der Waals surface area contributed by atoms with Gasteiger partial charge in [0, 0.05) is 22.8 Å². The van der Waals surface area contributed by atoms with Crippen LogP contribution in [0.15, 0.2) is 54.7 Å². The first-order chi connectivity index (χ1) is 9.40. The van der Waals surface area contributed by atoms with Crippen LogP contribution in [0, 0.1) is 0 Å². The monoisotopic (exact) mass is 248 g/mol. The fourth-order valence-corrected chi connectivity index (χ4v) is 3.05. The van der Waals surface area contributed by atoms with Crippen molar-refractivity contribution in [1.29, 1.82) is 0 Å². The maximum atomic E-state index is 3.67. The van der Waals surface area contributed by atoms with E-state index < -0.39 is 0 Å². The quantitative estimate of drug-likeness (QED) is 0.696. The van der Waals surface area contributed by atoms with Gasteiger partial charge in [-0.3, -0.25) is 0 Å². The number of hydrogen-bond donors (Lipinski definition) is 2. The number of anilines is 1. The summed E-state index contributed by atoms with van der Waals surface area (Å²) in [6, 6.07) is 17.8. The van der Waals surface area contributed by atoms with E-state index >= 15 is 0 Å². The van der Waals surface area contributed by atoms with E-state index in [4.69, 9.17) is 0 Å². The molecule has 4 rings (SSSR count). The smallest absolute Gasteiger partial charge is 0.0519 e. The van der Waals surface area contributed by atoms with Gasteiger partial charge in [0.15, 0.2) is 0 Å². The van der Waals surface area contributed by atoms with Crippen molar-refractivity contribution in [2.75, 3.05) is 5.32 Å². The van der Waals surface area contributed by atoms with Crippen LogP contribution in [0.5, 0.6) is 0 Å². The summed E-state index contributed by atoms with van der Waals surface area (Å²) in [7, 11) is 0. The normalized spacial score (nSPS) is 17.6. The van der Waals surface area contributed by atoms with Crippen LogP contribution in [0.1, 0.15) is 23.6 Å². The van der Waals surface area contributed by atoms with Crippen LogP contribution in [0.2, 0.25) is 0 Å². The van der Waals surface area contributed by atoms with Gasteiger partial charge in [0.1, 0.15) is 0 Å². The first kappa shape index (κ1) is 10.7. The second-order valence-electron chi connectivity index (χ2n) is 5.21. The Morgan fingerprint density at radius 1 is 1.05 bits per heavy atom. The van der Waals surface area contributed by atoms with Gasteiger partial charge < -0.3 is 10.3 Å². The van der Waals surface area contributed by atoms with Crippen LogP contribution in [0.25, 0.3) is 10.9 Å². The molecule has 3 aromatic rings. The van der Waals surface area contributed by atoms with Crippen molar-refractivity contribution in [1.82, 2.24) is 4.98 Å². The van der Waals surface area contributed by atoms with E-state index in [1.54, 1.807) is 0 Å². The van der Waals surface area contributed by atoms with Crippen molar-refractivity contribution >= 4 is 16.6 Å². The molecule has 0 fully saturated rings. The molecule has 1 aliphatic rings. The lowest BCUT2D eigenvalue weighted by molar-refractivity contribution is 0.762. The molecule has 2 aromatic carbocycles. The van der Waals surface area contributed by atoms with E-state index in [0.717, 1.165) is 0 Å². The summed E-state index contributed by atoms with van der Waals surface area (Å²) in [6.45, 7) is 0. The van der Waals surface area contributed by atoms with Gasteiger partial charge in [-0.1, -0.05) is 24.3 Å². The van der Waals surface area contributed by atoms with Gasteiger partial charge >= 0.3 is 0 Å². The van der Waals surface area contributed by atoms with E-state index in [1.807, 2.05) is 6.20 Å². The predicted octanol–water partition coefficient (Wildman–Crippen LogP) is 4.27. The summed E-state index contributed by atoms with van der Waals surface area (Å²) in [5.74, 6) is 0. The van der Waals surface area contributed by atoms with Crippen molar-refractivity contribution in [3.05, 3.63) is 65.9 Å². The zero-order valence-corrected chi connectivity index (χ0v) is 10.7. The Morgan fingerprint density at radius 3 is 3.00 bits per heavy atom. The van der Waals surface area contributed by atoms with Crippen molar-refractivity contribution in [3.63, 3.8) is 0 Å². The van der Waals surface area contributed by atoms with Gasteiger partial charge in [-0.25, -0.2) is 0 Å². The average Bonchev–Trinajstić information content (AvgIpc) is 3.06. The molecule has 0 radical (unpaired) electrons. The summed E-state index contributed by atoms with van der Waals surface area (Å²) in [5, 5.41) is 4.93. The highest BCUT2D eigenvalue weighted by Crippen LogP contribution is 2.34. The topological polar surface area (TPSA) is 27.8 Å². The zero-order chi connectivity index (χ0) is 12.7. The third-order valence-corrected chi connectivity index (χ3v) is 4.03. The Hall–Kier alpha value is -2.22. The molecule has 2 heteroatoms. The highest BCUT2D eigenvalue weighted by atomic mass is 14.9. The Labute approximate surface area is 112 Å². The Balaban J connectivity index is 1.65. The minimum Gasteiger partial charge on any atom is -0.378 e. The molecule has 0 amide bonds. The third kappa shape index (κ3) is 1.80. The molecule has 0 saturated heterocycles. The highest BCUT2D eigenvalue weighted by molar-refractivity contribution is 5.83. The maximum absolute atomic E-state index is 3.67. The second-order valence-corrected chi connectivity index (χ2v) is 5.21. The molecule has 0 aliphatic heterocycles. The maximum Gasteiger partial charge on any atom is 0.0519 e. The SMILES string of the molecule is c1ccc2c(c1)CCC2Nc1ccc2[nH]ccc2c1. The van der Waals surface area contributed by atoms with E-state index in [-0.39, 0.29) is 0 Å². The number of aromatic amines is 1. The van der Waals surface area contributed by atoms with Crippen LogP contribution in [0.3, 0.4) is 0 Å². The fourth-order valence-electron chi connectivity index (χ4n) is 3.05. The second kappa shape index (κ2) is 4.16. The molecule has 19 heavy (non-hydrogen) atoms. The number of aromatic nitrogens is 1. The average molecular weight is 248 g/mol. The number of rotatable bonds is 2. The number of aryl methyl sites for hydroxylation is 1. The fraction of sp³-hybridized carbons (Fsp3) is 0.176. The van der Waals surface area contributed by atoms with Gasteiger partial charge in [-0.05, 0) is 48.2 Å². The summed E-state index contributed by atoms with van der Waals surface area (Å²) < 4.78 is 0. The van der Waals surface area contributed by atoms with E-state index in [9.17, 15) is 0 Å². The molecule has 0 spiro atoms. The lowest BCUT2D eigenvalue weighted by Gasteiger charge is -2.15. The number of nitrogens with one attached hydrogen (secondary N) is 2. The van der Waals surface area contributed by atoms with Crippen LogP contribution < -0.4 is 5.32 Å². The molecular weight excluding hydrogens is 232 g/mol. The van der Waals surface area contributed by atoms with E-state index in [1.165, 1.54) is 40.6 Å². The predicted molar refractivity (Wildman–Crippen MR) is 79.4 cm³/mol. The molecule has 0 saturated carbocycles. The Bertz CT molecular complexity index is 727. The molecule has 1 aliphatic carbocycles. The summed E-state index contributed by atoms with van der Waals surface area (Å²) in [5.41, 5.74) is 5.34. The van der Waals surface area contributed by atoms with Crippen LogP contribution in [-0.2, 0) is 6.42 Å². The van der Waals surface area contributed by atoms with Crippen LogP contribution in [0.4, 0.5) is 5.69 Å². The van der Waals surface area contributed by atoms with Crippen molar-refractivity contribution < 1.29 is 0 Å². The Kier molecular flexibility index (Phi) is 2.34. The third-order valence-electron chi connectivity index (χ3n) is 4.03. The van der Waals surface area contributed by atoms with Gasteiger partial charge in [0.2, 0.25) is 0 Å². The zero-order valence-electron chi connectivity index (χ0n) is 10.7. The first-order valence-electron chi connectivity index (χ1n) is 6.82. The van der Waals surface area contributed by atoms with Gasteiger partial charge in [0.25, 0.3) is 0 Å². The van der Waals surface area contributed by atoms with Gasteiger partial charge in [0.05, 0.1) is 6.04 Å². The minimum absolute atomic E-state index is 0.451. The summed E-state index contributed by atoms with van der Waals surface area (Å²) in [6.07, 6.45) is 4.35. The molecule has 2 N–H and O–H groups in total. The van der Waals surface area contributed by atoms with Crippen LogP contribution >= 0.6 is 0 Å². The molecular formula is C17H16N2. The van der Waals surface area contributed by atoms with E-state index in [0.29, 0.717) is 6.04 Å². The number of fused-ring (bicyclic) bond motifs is 2. The summed E-state index contributed by atoms with van der Waals surface area (Å²) >= 11 is 0. The van der Waals surface area contributed by atoms with Gasteiger partial charge in [-0.15, -0.1) is 0 Å². The lowest BCUT2D eigenvalue weighted by atomic mass is 10.1. The lowest BCUT2D eigenvalue weighted by Crippen LogP contribution is -2.06. The standard InChI is InChI=1S/C17H16N2/c1-2-4-15-12(3-1)5-7-17(15)19-14-6-8-16-13(11-14)9-10-18-16/h1-4,6,8-11,17-19H,5,7H2. The van der Waals surface area contributed by atoms with Crippen molar-refractivity contribution in [3.8, 4) is 0 Å². The number of benzene rings is 2. The van der Waals surface area contributed by atoms with Crippen molar-refractivity contribution in [2.24, 2.45) is 0 Å². The molecule has 1 unspecified atom stereocenters. The number of H-pyrrole nitrogens is 1. The molecule has 0 bridgehead atoms. The first-order valence-corrected chi connectivity index (χ1v) is 6.82. The molecule has 1 heterocycles. The van der Waals surface area contributed by atoms with Crippen molar-refractivity contribution in [2.45, 2.75) is 18.9 Å². The van der Waals surface area contributed by atoms with Gasteiger partial charge in [-0.2, -0.15) is 0 Å². The molecule has 2 nitrogen and oxygen atoms in total. The minimum atomic E-state index is 0.451. The number of hydrogen-bond acceptors (Lipinski definition) is 1. The van der Waals surface area contributed by atoms with E-state index in [2.05, 4.69) is 58.8 Å². The molecule has 1 atom stereocenters. The van der Waals surface area contributed by atoms with Crippen LogP contribution in [-0.4, -0.2) is 4.98 Å². The highest BCUT2D eigenvalue weighted by Gasteiger charge is 2.21. The largest absolute Gasteiger partial charge is 0.378 e. The molecule has 1 aromatic heterocycles.